The van der Waals surface area contributed by atoms with E-state index in [0.29, 0.717) is 37.2 Å². The summed E-state index contributed by atoms with van der Waals surface area (Å²) < 4.78 is 0. The second-order valence-corrected chi connectivity index (χ2v) is 7.81. The molecule has 2 aliphatic heterocycles. The summed E-state index contributed by atoms with van der Waals surface area (Å²) in [5.74, 6) is -0.127. The lowest BCUT2D eigenvalue weighted by atomic mass is 10.1. The average molecular weight is 402 g/mol. The molecule has 0 unspecified atom stereocenters. The predicted molar refractivity (Wildman–Crippen MR) is 111 cm³/mol. The van der Waals surface area contributed by atoms with Crippen LogP contribution < -0.4 is 10.2 Å². The molecule has 0 bridgehead atoms. The first-order valence-corrected chi connectivity index (χ1v) is 10.7. The lowest BCUT2D eigenvalue weighted by Crippen LogP contribution is -2.34. The molecule has 1 aromatic rings. The largest absolute Gasteiger partial charge is 0.366 e. The van der Waals surface area contributed by atoms with Gasteiger partial charge in [-0.25, -0.2) is 0 Å². The Morgan fingerprint density at radius 2 is 1.79 bits per heavy atom. The van der Waals surface area contributed by atoms with E-state index in [1.807, 2.05) is 9.80 Å². The molecular formula is C21H30N4O4. The second-order valence-electron chi connectivity index (χ2n) is 7.81. The number of nitro groups is 1. The number of nitro benzene ring substituents is 1. The number of amides is 2. The van der Waals surface area contributed by atoms with Crippen LogP contribution in [-0.2, 0) is 4.79 Å². The number of nitrogens with one attached hydrogen (secondary N) is 1. The van der Waals surface area contributed by atoms with Crippen LogP contribution in [0.5, 0.6) is 0 Å². The Morgan fingerprint density at radius 1 is 1.07 bits per heavy atom. The fraction of sp³-hybridized carbons (Fsp3) is 0.619. The number of nitrogens with zero attached hydrogens (tertiary/aromatic N) is 3. The molecule has 0 saturated carbocycles. The van der Waals surface area contributed by atoms with E-state index in [9.17, 15) is 19.7 Å². The van der Waals surface area contributed by atoms with Gasteiger partial charge in [0.2, 0.25) is 5.91 Å². The van der Waals surface area contributed by atoms with E-state index in [1.165, 1.54) is 6.07 Å². The Hall–Kier alpha value is -2.64. The number of hydrogen-bond donors (Lipinski definition) is 1. The van der Waals surface area contributed by atoms with Crippen LogP contribution in [0.4, 0.5) is 11.4 Å². The highest BCUT2D eigenvalue weighted by atomic mass is 16.6. The molecule has 3 rings (SSSR count). The van der Waals surface area contributed by atoms with Crippen LogP contribution in [0.2, 0.25) is 0 Å². The third-order valence-corrected chi connectivity index (χ3v) is 5.69. The molecule has 2 saturated heterocycles. The van der Waals surface area contributed by atoms with E-state index in [1.54, 1.807) is 12.1 Å². The Kier molecular flexibility index (Phi) is 7.43. The fourth-order valence-electron chi connectivity index (χ4n) is 4.06. The van der Waals surface area contributed by atoms with Crippen LogP contribution in [0.25, 0.3) is 0 Å². The van der Waals surface area contributed by atoms with Crippen LogP contribution >= 0.6 is 0 Å². The highest BCUT2D eigenvalue weighted by molar-refractivity contribution is 5.95. The van der Waals surface area contributed by atoms with Crippen LogP contribution in [0.1, 0.15) is 61.7 Å². The van der Waals surface area contributed by atoms with Crippen molar-refractivity contribution >= 4 is 23.2 Å². The standard InChI is InChI=1S/C21H30N4O4/c26-20-8-3-1-4-14-24(20)15-7-11-22-21(27)17-9-10-18(19(16-17)25(28)29)23-12-5-2-6-13-23/h9-10,16H,1-8,11-15H2,(H,22,27). The summed E-state index contributed by atoms with van der Waals surface area (Å²) in [6.07, 6.45) is 7.56. The molecule has 2 aliphatic rings. The number of anilines is 1. The smallest absolute Gasteiger partial charge is 0.293 e. The minimum Gasteiger partial charge on any atom is -0.366 e. The molecule has 158 valence electrons. The Bertz CT molecular complexity index is 746. The molecular weight excluding hydrogens is 372 g/mol. The number of benzene rings is 1. The topological polar surface area (TPSA) is 95.8 Å². The van der Waals surface area contributed by atoms with Crippen LogP contribution in [0.3, 0.4) is 0 Å². The Labute approximate surface area is 171 Å². The zero-order valence-corrected chi connectivity index (χ0v) is 16.9. The van der Waals surface area contributed by atoms with Gasteiger partial charge in [-0.3, -0.25) is 19.7 Å². The zero-order valence-electron chi connectivity index (χ0n) is 16.9. The number of hydrogen-bond acceptors (Lipinski definition) is 5. The van der Waals surface area contributed by atoms with Crippen LogP contribution in [0.15, 0.2) is 18.2 Å². The van der Waals surface area contributed by atoms with Crippen molar-refractivity contribution in [2.24, 2.45) is 0 Å². The quantitative estimate of drug-likeness (QED) is 0.429. The van der Waals surface area contributed by atoms with Gasteiger partial charge in [-0.05, 0) is 50.7 Å². The number of likely N-dealkylation sites (tertiary alicyclic amines) is 1. The van der Waals surface area contributed by atoms with Crippen molar-refractivity contribution in [1.82, 2.24) is 10.2 Å². The highest BCUT2D eigenvalue weighted by Crippen LogP contribution is 2.31. The summed E-state index contributed by atoms with van der Waals surface area (Å²) in [5, 5.41) is 14.4. The molecule has 0 spiro atoms. The summed E-state index contributed by atoms with van der Waals surface area (Å²) in [4.78, 5) is 39.5. The molecule has 0 aromatic heterocycles. The number of carbonyl (C=O) groups is 2. The third kappa shape index (κ3) is 5.68. The summed E-state index contributed by atoms with van der Waals surface area (Å²) in [7, 11) is 0. The molecule has 8 heteroatoms. The summed E-state index contributed by atoms with van der Waals surface area (Å²) in [6, 6.07) is 4.72. The van der Waals surface area contributed by atoms with Crippen molar-refractivity contribution in [2.75, 3.05) is 37.6 Å². The number of rotatable bonds is 7. The SMILES string of the molecule is O=C(NCCCN1CCCCCC1=O)c1ccc(N2CCCCC2)c([N+](=O)[O-])c1. The van der Waals surface area contributed by atoms with Crippen LogP contribution in [0, 0.1) is 10.1 Å². The number of piperidine rings is 1. The average Bonchev–Trinajstić information content (AvgIpc) is 2.95. The molecule has 8 nitrogen and oxygen atoms in total. The van der Waals surface area contributed by atoms with Gasteiger partial charge in [-0.1, -0.05) is 6.42 Å². The third-order valence-electron chi connectivity index (χ3n) is 5.69. The minimum atomic E-state index is -0.411. The first-order valence-electron chi connectivity index (χ1n) is 10.7. The monoisotopic (exact) mass is 402 g/mol. The predicted octanol–water partition coefficient (Wildman–Crippen LogP) is 3.11. The summed E-state index contributed by atoms with van der Waals surface area (Å²) in [6.45, 7) is 3.47. The molecule has 0 aliphatic carbocycles. The molecule has 2 heterocycles. The van der Waals surface area contributed by atoms with Gasteiger partial charge in [0, 0.05) is 50.8 Å². The lowest BCUT2D eigenvalue weighted by Gasteiger charge is -2.28. The maximum absolute atomic E-state index is 12.4. The lowest BCUT2D eigenvalue weighted by molar-refractivity contribution is -0.384. The fourth-order valence-corrected chi connectivity index (χ4v) is 4.06. The zero-order chi connectivity index (χ0) is 20.6. The maximum Gasteiger partial charge on any atom is 0.293 e. The van der Waals surface area contributed by atoms with Crippen molar-refractivity contribution in [2.45, 2.75) is 51.4 Å². The van der Waals surface area contributed by atoms with Gasteiger partial charge in [-0.2, -0.15) is 0 Å². The van der Waals surface area contributed by atoms with Crippen molar-refractivity contribution in [3.8, 4) is 0 Å². The van der Waals surface area contributed by atoms with E-state index in [2.05, 4.69) is 5.32 Å². The van der Waals surface area contributed by atoms with Crippen molar-refractivity contribution in [3.63, 3.8) is 0 Å². The van der Waals surface area contributed by atoms with Gasteiger partial charge in [0.15, 0.2) is 0 Å². The summed E-state index contributed by atoms with van der Waals surface area (Å²) in [5.41, 5.74) is 0.865. The Morgan fingerprint density at radius 3 is 2.55 bits per heavy atom. The molecule has 2 fully saturated rings. The molecule has 1 N–H and O–H groups in total. The van der Waals surface area contributed by atoms with Gasteiger partial charge >= 0.3 is 0 Å². The van der Waals surface area contributed by atoms with E-state index < -0.39 is 4.92 Å². The molecule has 29 heavy (non-hydrogen) atoms. The van der Waals surface area contributed by atoms with E-state index in [4.69, 9.17) is 0 Å². The van der Waals surface area contributed by atoms with E-state index in [0.717, 1.165) is 58.2 Å². The number of carbonyl (C=O) groups excluding carboxylic acids is 2. The molecule has 0 atom stereocenters. The first-order chi connectivity index (χ1) is 14.1. The molecule has 0 radical (unpaired) electrons. The summed E-state index contributed by atoms with van der Waals surface area (Å²) >= 11 is 0. The van der Waals surface area contributed by atoms with Gasteiger partial charge < -0.3 is 15.1 Å². The van der Waals surface area contributed by atoms with Gasteiger partial charge in [0.25, 0.3) is 11.6 Å². The normalized spacial score (nSPS) is 17.7. The molecule has 1 aromatic carbocycles. The molecule has 2 amide bonds. The van der Waals surface area contributed by atoms with E-state index in [-0.39, 0.29) is 17.5 Å². The van der Waals surface area contributed by atoms with Crippen molar-refractivity contribution < 1.29 is 14.5 Å². The van der Waals surface area contributed by atoms with Crippen molar-refractivity contribution in [3.05, 3.63) is 33.9 Å². The second kappa shape index (κ2) is 10.2. The van der Waals surface area contributed by atoms with Gasteiger partial charge in [-0.15, -0.1) is 0 Å². The maximum atomic E-state index is 12.4. The van der Waals surface area contributed by atoms with E-state index >= 15 is 0 Å². The minimum absolute atomic E-state index is 0.0188. The Balaban J connectivity index is 1.55. The first kappa shape index (κ1) is 21.1. The highest BCUT2D eigenvalue weighted by Gasteiger charge is 2.23. The van der Waals surface area contributed by atoms with Crippen molar-refractivity contribution in [1.29, 1.82) is 0 Å². The van der Waals surface area contributed by atoms with Crippen LogP contribution in [-0.4, -0.2) is 54.4 Å². The van der Waals surface area contributed by atoms with Gasteiger partial charge in [0.1, 0.15) is 5.69 Å². The van der Waals surface area contributed by atoms with Gasteiger partial charge in [0.05, 0.1) is 4.92 Å².